The second-order valence-electron chi connectivity index (χ2n) is 7.22. The molecule has 0 N–H and O–H groups in total. The molecule has 0 aromatic rings. The van der Waals surface area contributed by atoms with Crippen LogP contribution < -0.4 is 0 Å². The summed E-state index contributed by atoms with van der Waals surface area (Å²) in [5.41, 5.74) is 0. The van der Waals surface area contributed by atoms with Crippen LogP contribution in [-0.2, 0) is 19.0 Å². The molecule has 4 heteroatoms. The molecule has 0 amide bonds. The van der Waals surface area contributed by atoms with E-state index < -0.39 is 0 Å². The normalized spacial score (nSPS) is 17.7. The monoisotopic (exact) mass is 380 g/mol. The lowest BCUT2D eigenvalue weighted by Crippen LogP contribution is -2.22. The van der Waals surface area contributed by atoms with Crippen molar-refractivity contribution in [2.45, 2.75) is 96.2 Å². The summed E-state index contributed by atoms with van der Waals surface area (Å²) in [6.07, 6.45) is 24.6. The highest BCUT2D eigenvalue weighted by atomic mass is 16.7. The molecule has 27 heavy (non-hydrogen) atoms. The molecular formula is C23H40O4. The van der Waals surface area contributed by atoms with Gasteiger partial charge in [0.2, 0.25) is 0 Å². The number of esters is 1. The summed E-state index contributed by atoms with van der Waals surface area (Å²) in [4.78, 5) is 11.0. The number of unbranched alkanes of at least 4 members (excludes halogenated alkanes) is 7. The molecule has 0 spiro atoms. The molecule has 4 nitrogen and oxygen atoms in total. The minimum Gasteiger partial charge on any atom is -0.469 e. The van der Waals surface area contributed by atoms with Crippen molar-refractivity contribution >= 4 is 5.97 Å². The molecule has 1 atom stereocenters. The van der Waals surface area contributed by atoms with Gasteiger partial charge >= 0.3 is 5.97 Å². The van der Waals surface area contributed by atoms with E-state index in [1.165, 1.54) is 58.5 Å². The lowest BCUT2D eigenvalue weighted by atomic mass is 10.1. The van der Waals surface area contributed by atoms with Crippen molar-refractivity contribution < 1.29 is 19.0 Å². The third-order valence-corrected chi connectivity index (χ3v) is 4.79. The van der Waals surface area contributed by atoms with Gasteiger partial charge in [-0.1, -0.05) is 50.0 Å². The van der Waals surface area contributed by atoms with Gasteiger partial charge in [-0.25, -0.2) is 0 Å². The Hall–Kier alpha value is -1.13. The van der Waals surface area contributed by atoms with Crippen LogP contribution in [0.15, 0.2) is 24.3 Å². The van der Waals surface area contributed by atoms with E-state index in [1.807, 2.05) is 0 Å². The lowest BCUT2D eigenvalue weighted by Gasteiger charge is -2.22. The molecule has 0 radical (unpaired) electrons. The molecule has 1 fully saturated rings. The van der Waals surface area contributed by atoms with Crippen LogP contribution in [0.4, 0.5) is 0 Å². The predicted octanol–water partition coefficient (Wildman–Crippen LogP) is 6.11. The SMILES string of the molecule is COC(=O)CCC/C=C\C/C=C\CCCCCCCCOC1CCCCO1. The van der Waals surface area contributed by atoms with Crippen molar-refractivity contribution in [1.82, 2.24) is 0 Å². The van der Waals surface area contributed by atoms with Gasteiger partial charge in [0.05, 0.1) is 7.11 Å². The number of rotatable bonds is 16. The van der Waals surface area contributed by atoms with E-state index in [4.69, 9.17) is 9.47 Å². The molecule has 1 aliphatic rings. The fourth-order valence-electron chi connectivity index (χ4n) is 3.10. The van der Waals surface area contributed by atoms with Crippen molar-refractivity contribution in [3.63, 3.8) is 0 Å². The number of carbonyl (C=O) groups excluding carboxylic acids is 1. The van der Waals surface area contributed by atoms with Gasteiger partial charge < -0.3 is 14.2 Å². The first-order valence-electron chi connectivity index (χ1n) is 10.9. The first kappa shape index (κ1) is 23.9. The quantitative estimate of drug-likeness (QED) is 0.184. The van der Waals surface area contributed by atoms with E-state index >= 15 is 0 Å². The summed E-state index contributed by atoms with van der Waals surface area (Å²) < 4.78 is 15.9. The van der Waals surface area contributed by atoms with Crippen molar-refractivity contribution in [3.05, 3.63) is 24.3 Å². The van der Waals surface area contributed by atoms with Crippen molar-refractivity contribution in [2.75, 3.05) is 20.3 Å². The van der Waals surface area contributed by atoms with E-state index in [-0.39, 0.29) is 12.3 Å². The maximum Gasteiger partial charge on any atom is 0.305 e. The second kappa shape index (κ2) is 18.2. The van der Waals surface area contributed by atoms with Crippen LogP contribution >= 0.6 is 0 Å². The number of methoxy groups -OCH3 is 1. The Bertz CT molecular complexity index is 397. The highest BCUT2D eigenvalue weighted by Gasteiger charge is 2.13. The van der Waals surface area contributed by atoms with Crippen LogP contribution in [-0.4, -0.2) is 32.6 Å². The summed E-state index contributed by atoms with van der Waals surface area (Å²) in [7, 11) is 1.44. The number of hydrogen-bond acceptors (Lipinski definition) is 4. The summed E-state index contributed by atoms with van der Waals surface area (Å²) >= 11 is 0. The van der Waals surface area contributed by atoms with Gasteiger partial charge in [0.1, 0.15) is 0 Å². The zero-order chi connectivity index (χ0) is 19.4. The van der Waals surface area contributed by atoms with Gasteiger partial charge in [-0.15, -0.1) is 0 Å². The highest BCUT2D eigenvalue weighted by molar-refractivity contribution is 5.69. The maximum absolute atomic E-state index is 11.0. The predicted molar refractivity (Wildman–Crippen MR) is 111 cm³/mol. The van der Waals surface area contributed by atoms with Crippen LogP contribution in [0.25, 0.3) is 0 Å². The first-order chi connectivity index (χ1) is 13.3. The minimum absolute atomic E-state index is 0.0697. The molecule has 1 rings (SSSR count). The Labute approximate surface area is 166 Å². The molecule has 0 saturated carbocycles. The molecule has 1 unspecified atom stereocenters. The zero-order valence-electron chi connectivity index (χ0n) is 17.3. The average Bonchev–Trinajstić information content (AvgIpc) is 2.70. The van der Waals surface area contributed by atoms with Crippen LogP contribution in [0.5, 0.6) is 0 Å². The van der Waals surface area contributed by atoms with Gasteiger partial charge in [0, 0.05) is 19.6 Å². The van der Waals surface area contributed by atoms with Crippen molar-refractivity contribution in [2.24, 2.45) is 0 Å². The fourth-order valence-corrected chi connectivity index (χ4v) is 3.10. The van der Waals surface area contributed by atoms with Gasteiger partial charge in [-0.05, 0) is 57.8 Å². The average molecular weight is 381 g/mol. The Morgan fingerprint density at radius 3 is 2.33 bits per heavy atom. The maximum atomic E-state index is 11.0. The number of allylic oxidation sites excluding steroid dienone is 4. The van der Waals surface area contributed by atoms with Gasteiger partial charge in [-0.2, -0.15) is 0 Å². The Morgan fingerprint density at radius 2 is 1.63 bits per heavy atom. The molecule has 0 aliphatic carbocycles. The molecule has 1 saturated heterocycles. The number of carbonyl (C=O) groups is 1. The van der Waals surface area contributed by atoms with E-state index in [2.05, 4.69) is 29.0 Å². The molecule has 0 aromatic carbocycles. The molecule has 156 valence electrons. The highest BCUT2D eigenvalue weighted by Crippen LogP contribution is 2.14. The Kier molecular flexibility index (Phi) is 16.2. The molecule has 0 aromatic heterocycles. The molecule has 0 bridgehead atoms. The van der Waals surface area contributed by atoms with E-state index in [0.29, 0.717) is 6.42 Å². The molecule has 1 heterocycles. The van der Waals surface area contributed by atoms with Crippen LogP contribution in [0.3, 0.4) is 0 Å². The third-order valence-electron chi connectivity index (χ3n) is 4.79. The first-order valence-corrected chi connectivity index (χ1v) is 10.9. The topological polar surface area (TPSA) is 44.8 Å². The smallest absolute Gasteiger partial charge is 0.305 e. The second-order valence-corrected chi connectivity index (χ2v) is 7.22. The standard InChI is InChI=1S/C23H40O4/c1-25-22(24)18-14-12-10-8-6-4-2-3-5-7-9-11-13-16-20-26-23-19-15-17-21-27-23/h2,4,8,10,23H,3,5-7,9,11-21H2,1H3/b4-2-,10-8-. The van der Waals surface area contributed by atoms with Crippen LogP contribution in [0.1, 0.15) is 89.9 Å². The summed E-state index contributed by atoms with van der Waals surface area (Å²) in [5, 5.41) is 0. The summed E-state index contributed by atoms with van der Waals surface area (Å²) in [6, 6.07) is 0. The number of hydrogen-bond donors (Lipinski definition) is 0. The van der Waals surface area contributed by atoms with Crippen LogP contribution in [0.2, 0.25) is 0 Å². The summed E-state index contributed by atoms with van der Waals surface area (Å²) in [5.74, 6) is -0.120. The van der Waals surface area contributed by atoms with E-state index in [1.54, 1.807) is 0 Å². The molecule has 1 aliphatic heterocycles. The Balaban J connectivity index is 1.76. The van der Waals surface area contributed by atoms with Gasteiger partial charge in [0.15, 0.2) is 6.29 Å². The zero-order valence-corrected chi connectivity index (χ0v) is 17.3. The lowest BCUT2D eigenvalue weighted by molar-refractivity contribution is -0.162. The van der Waals surface area contributed by atoms with E-state index in [9.17, 15) is 4.79 Å². The van der Waals surface area contributed by atoms with Gasteiger partial charge in [-0.3, -0.25) is 4.79 Å². The van der Waals surface area contributed by atoms with Gasteiger partial charge in [0.25, 0.3) is 0 Å². The van der Waals surface area contributed by atoms with E-state index in [0.717, 1.165) is 45.3 Å². The largest absolute Gasteiger partial charge is 0.469 e. The fraction of sp³-hybridized carbons (Fsp3) is 0.783. The van der Waals surface area contributed by atoms with Crippen LogP contribution in [0, 0.1) is 0 Å². The number of ether oxygens (including phenoxy) is 3. The third kappa shape index (κ3) is 15.6. The van der Waals surface area contributed by atoms with Crippen molar-refractivity contribution in [3.8, 4) is 0 Å². The molecular weight excluding hydrogens is 340 g/mol. The summed E-state index contributed by atoms with van der Waals surface area (Å²) in [6.45, 7) is 1.72. The van der Waals surface area contributed by atoms with Crippen molar-refractivity contribution in [1.29, 1.82) is 0 Å². The Morgan fingerprint density at radius 1 is 0.926 bits per heavy atom. The minimum atomic E-state index is -0.120.